The zero-order valence-corrected chi connectivity index (χ0v) is 14.1. The molecule has 1 saturated heterocycles. The minimum Gasteiger partial charge on any atom is -0.195 e. The van der Waals surface area contributed by atoms with Gasteiger partial charge in [-0.25, -0.2) is 0 Å². The Morgan fingerprint density at radius 1 is 1.48 bits per heavy atom. The van der Waals surface area contributed by atoms with Gasteiger partial charge in [0, 0.05) is 30.6 Å². The van der Waals surface area contributed by atoms with Gasteiger partial charge in [0.25, 0.3) is 10.2 Å². The molecule has 2 aliphatic rings. The molecule has 2 heterocycles. The van der Waals surface area contributed by atoms with Crippen LogP contribution in [-0.4, -0.2) is 36.2 Å². The lowest BCUT2D eigenvalue weighted by molar-refractivity contribution is 0.297. The summed E-state index contributed by atoms with van der Waals surface area (Å²) in [6.07, 6.45) is 4.82. The van der Waals surface area contributed by atoms with Crippen molar-refractivity contribution < 1.29 is 8.42 Å². The Morgan fingerprint density at radius 2 is 2.29 bits per heavy atom. The molecular weight excluding hydrogens is 328 g/mol. The van der Waals surface area contributed by atoms with Gasteiger partial charge in [-0.1, -0.05) is 17.7 Å². The minimum atomic E-state index is -3.42. The van der Waals surface area contributed by atoms with E-state index >= 15 is 0 Å². The monoisotopic (exact) mass is 346 g/mol. The van der Waals surface area contributed by atoms with Crippen molar-refractivity contribution in [3.05, 3.63) is 34.0 Å². The van der Waals surface area contributed by atoms with Crippen molar-refractivity contribution in [2.24, 2.45) is 5.92 Å². The van der Waals surface area contributed by atoms with Crippen LogP contribution in [0.1, 0.15) is 24.1 Å². The van der Waals surface area contributed by atoms with Crippen LogP contribution < -0.4 is 0 Å². The maximum absolute atomic E-state index is 12.9. The zero-order valence-electron chi connectivity index (χ0n) is 11.7. The lowest BCUT2D eigenvalue weighted by Gasteiger charge is -2.31. The highest BCUT2D eigenvalue weighted by Crippen LogP contribution is 2.40. The maximum Gasteiger partial charge on any atom is 0.282 e. The molecule has 1 saturated carbocycles. The lowest BCUT2D eigenvalue weighted by atomic mass is 10.1. The average molecular weight is 347 g/mol. The standard InChI is InChI=1S/C14H19ClN2O2S2/c1-2-7-16(10-13-5-6-14(15)20-13)21(18,19)17-9-11-3-4-12(17)8-11/h2,5-6,11-12H,1,3-4,7-10H2/t11-,12-/m0/s1. The Kier molecular flexibility index (Phi) is 4.43. The molecule has 0 amide bonds. The van der Waals surface area contributed by atoms with E-state index in [0.717, 1.165) is 17.7 Å². The van der Waals surface area contributed by atoms with Crippen LogP contribution in [0.4, 0.5) is 0 Å². The molecule has 1 aromatic rings. The first-order chi connectivity index (χ1) is 10.0. The Bertz CT molecular complexity index is 629. The number of hydrogen-bond donors (Lipinski definition) is 0. The van der Waals surface area contributed by atoms with Gasteiger partial charge < -0.3 is 0 Å². The molecule has 3 rings (SSSR count). The summed E-state index contributed by atoms with van der Waals surface area (Å²) in [5.74, 6) is 0.548. The van der Waals surface area contributed by atoms with E-state index in [-0.39, 0.29) is 6.04 Å². The largest absolute Gasteiger partial charge is 0.282 e. The van der Waals surface area contributed by atoms with E-state index in [1.807, 2.05) is 6.07 Å². The summed E-state index contributed by atoms with van der Waals surface area (Å²) < 4.78 is 29.7. The van der Waals surface area contributed by atoms with Gasteiger partial charge in [-0.05, 0) is 37.3 Å². The molecule has 1 aliphatic heterocycles. The van der Waals surface area contributed by atoms with Gasteiger partial charge >= 0.3 is 0 Å². The van der Waals surface area contributed by atoms with Gasteiger partial charge in [0.2, 0.25) is 0 Å². The molecule has 7 heteroatoms. The van der Waals surface area contributed by atoms with E-state index in [2.05, 4.69) is 6.58 Å². The molecule has 2 fully saturated rings. The smallest absolute Gasteiger partial charge is 0.195 e. The van der Waals surface area contributed by atoms with Crippen molar-refractivity contribution >= 4 is 33.1 Å². The van der Waals surface area contributed by atoms with E-state index in [9.17, 15) is 8.42 Å². The molecule has 0 spiro atoms. The molecule has 0 radical (unpaired) electrons. The van der Waals surface area contributed by atoms with Gasteiger partial charge in [0.1, 0.15) is 0 Å². The van der Waals surface area contributed by atoms with Crippen molar-refractivity contribution in [1.29, 1.82) is 0 Å². The maximum atomic E-state index is 12.9. The Labute approximate surface area is 135 Å². The van der Waals surface area contributed by atoms with Gasteiger partial charge in [-0.2, -0.15) is 17.0 Å². The summed E-state index contributed by atoms with van der Waals surface area (Å²) in [6, 6.07) is 3.88. The first-order valence-electron chi connectivity index (χ1n) is 7.12. The molecule has 0 N–H and O–H groups in total. The number of halogens is 1. The van der Waals surface area contributed by atoms with E-state index < -0.39 is 10.2 Å². The minimum absolute atomic E-state index is 0.194. The van der Waals surface area contributed by atoms with Crippen LogP contribution in [0.5, 0.6) is 0 Å². The third kappa shape index (κ3) is 3.05. The van der Waals surface area contributed by atoms with Gasteiger partial charge in [-0.3, -0.25) is 0 Å². The molecule has 2 atom stereocenters. The van der Waals surface area contributed by atoms with Crippen LogP contribution in [0.15, 0.2) is 24.8 Å². The Morgan fingerprint density at radius 3 is 2.81 bits per heavy atom. The van der Waals surface area contributed by atoms with Crippen LogP contribution in [0, 0.1) is 5.92 Å². The molecule has 0 aromatic carbocycles. The predicted molar refractivity (Wildman–Crippen MR) is 86.7 cm³/mol. The second-order valence-electron chi connectivity index (χ2n) is 5.70. The number of rotatable bonds is 6. The zero-order chi connectivity index (χ0) is 15.0. The van der Waals surface area contributed by atoms with E-state index in [1.54, 1.807) is 16.4 Å². The first kappa shape index (κ1) is 15.5. The summed E-state index contributed by atoms with van der Waals surface area (Å²) in [5, 5.41) is 0. The fraction of sp³-hybridized carbons (Fsp3) is 0.571. The van der Waals surface area contributed by atoms with E-state index in [4.69, 9.17) is 11.6 Å². The number of piperidine rings is 1. The highest BCUT2D eigenvalue weighted by molar-refractivity contribution is 7.86. The molecule has 2 bridgehead atoms. The predicted octanol–water partition coefficient (Wildman–Crippen LogP) is 3.12. The molecule has 4 nitrogen and oxygen atoms in total. The molecule has 1 aromatic heterocycles. The summed E-state index contributed by atoms with van der Waals surface area (Å²) >= 11 is 7.36. The number of hydrogen-bond acceptors (Lipinski definition) is 3. The number of fused-ring (bicyclic) bond motifs is 2. The van der Waals surface area contributed by atoms with Crippen LogP contribution >= 0.6 is 22.9 Å². The van der Waals surface area contributed by atoms with Crippen LogP contribution in [0.2, 0.25) is 4.34 Å². The second kappa shape index (κ2) is 6.01. The van der Waals surface area contributed by atoms with Crippen molar-refractivity contribution in [1.82, 2.24) is 8.61 Å². The van der Waals surface area contributed by atoms with Crippen LogP contribution in [0.25, 0.3) is 0 Å². The van der Waals surface area contributed by atoms with Crippen LogP contribution in [-0.2, 0) is 16.8 Å². The molecule has 21 heavy (non-hydrogen) atoms. The molecule has 0 unspecified atom stereocenters. The molecular formula is C14H19ClN2O2S2. The summed E-state index contributed by atoms with van der Waals surface area (Å²) in [6.45, 7) is 5.05. The van der Waals surface area contributed by atoms with Crippen LogP contribution in [0.3, 0.4) is 0 Å². The summed E-state index contributed by atoms with van der Waals surface area (Å²) in [5.41, 5.74) is 0. The van der Waals surface area contributed by atoms with Gasteiger partial charge in [0.15, 0.2) is 0 Å². The Balaban J connectivity index is 1.80. The highest BCUT2D eigenvalue weighted by atomic mass is 35.5. The fourth-order valence-electron chi connectivity index (χ4n) is 3.31. The fourth-order valence-corrected chi connectivity index (χ4v) is 6.35. The topological polar surface area (TPSA) is 40.6 Å². The van der Waals surface area contributed by atoms with Crippen molar-refractivity contribution in [3.63, 3.8) is 0 Å². The first-order valence-corrected chi connectivity index (χ1v) is 9.72. The van der Waals surface area contributed by atoms with Gasteiger partial charge in [-0.15, -0.1) is 17.9 Å². The summed E-state index contributed by atoms with van der Waals surface area (Å²) in [4.78, 5) is 0.954. The highest BCUT2D eigenvalue weighted by Gasteiger charge is 2.45. The number of nitrogens with zero attached hydrogens (tertiary/aromatic N) is 2. The SMILES string of the molecule is C=CCN(Cc1ccc(Cl)s1)S(=O)(=O)N1C[C@H]2CC[C@H]1C2. The summed E-state index contributed by atoms with van der Waals surface area (Å²) in [7, 11) is -3.42. The third-order valence-corrected chi connectivity index (χ3v) is 7.46. The molecule has 116 valence electrons. The third-order valence-electron chi connectivity index (χ3n) is 4.28. The van der Waals surface area contributed by atoms with E-state index in [1.165, 1.54) is 22.1 Å². The van der Waals surface area contributed by atoms with E-state index in [0.29, 0.717) is 29.9 Å². The molecule has 1 aliphatic carbocycles. The second-order valence-corrected chi connectivity index (χ2v) is 9.38. The van der Waals surface area contributed by atoms with Crippen molar-refractivity contribution in [2.45, 2.75) is 31.8 Å². The average Bonchev–Trinajstić information content (AvgIpc) is 3.15. The van der Waals surface area contributed by atoms with Gasteiger partial charge in [0.05, 0.1) is 4.34 Å². The Hall–Kier alpha value is -0.400. The van der Waals surface area contributed by atoms with Crippen molar-refractivity contribution in [3.8, 4) is 0 Å². The lowest BCUT2D eigenvalue weighted by Crippen LogP contribution is -2.46. The quantitative estimate of drug-likeness (QED) is 0.742. The number of thiophene rings is 1. The normalized spacial score (nSPS) is 25.8. The van der Waals surface area contributed by atoms with Crippen molar-refractivity contribution in [2.75, 3.05) is 13.1 Å².